The maximum Gasteiger partial charge on any atom is 0.247 e. The van der Waals surface area contributed by atoms with Gasteiger partial charge in [-0.05, 0) is 17.7 Å². The number of ether oxygens (including phenoxy) is 1. The van der Waals surface area contributed by atoms with Gasteiger partial charge in [-0.3, -0.25) is 14.6 Å². The largest absolute Gasteiger partial charge is 0.505 e. The SMILES string of the molecule is CN=O.CNC(=O)/C=C(\O)c1ncc(Cc2ccc(F)cc2)c2c1N(C(C)=O)CCO2. The number of hydrogen-bond acceptors (Lipinski definition) is 7. The molecule has 1 aliphatic heterocycles. The van der Waals surface area contributed by atoms with Crippen LogP contribution in [0.15, 0.2) is 41.7 Å². The maximum absolute atomic E-state index is 13.2. The zero-order chi connectivity index (χ0) is 23.0. The van der Waals surface area contributed by atoms with Crippen LogP contribution in [0.25, 0.3) is 5.76 Å². The van der Waals surface area contributed by atoms with Gasteiger partial charge in [-0.15, -0.1) is 0 Å². The van der Waals surface area contributed by atoms with Gasteiger partial charge in [0.05, 0.1) is 13.6 Å². The topological polar surface area (TPSA) is 121 Å². The molecular formula is C21H23FN4O5. The Morgan fingerprint density at radius 2 is 2.00 bits per heavy atom. The third-order valence-corrected chi connectivity index (χ3v) is 4.36. The van der Waals surface area contributed by atoms with Gasteiger partial charge in [0.1, 0.15) is 29.6 Å². The lowest BCUT2D eigenvalue weighted by atomic mass is 10.0. The first-order chi connectivity index (χ1) is 14.8. The summed E-state index contributed by atoms with van der Waals surface area (Å²) in [5.41, 5.74) is 1.92. The Morgan fingerprint density at radius 3 is 2.58 bits per heavy atom. The van der Waals surface area contributed by atoms with Crippen LogP contribution in [0.5, 0.6) is 5.75 Å². The van der Waals surface area contributed by atoms with Gasteiger partial charge in [0.2, 0.25) is 11.8 Å². The summed E-state index contributed by atoms with van der Waals surface area (Å²) in [7, 11) is 2.63. The third kappa shape index (κ3) is 5.84. The number of nitrogens with zero attached hydrogens (tertiary/aromatic N) is 3. The number of pyridine rings is 1. The van der Waals surface area contributed by atoms with E-state index < -0.39 is 5.91 Å². The number of halogens is 1. The van der Waals surface area contributed by atoms with E-state index in [0.29, 0.717) is 30.0 Å². The van der Waals surface area contributed by atoms with Crippen LogP contribution in [0.3, 0.4) is 0 Å². The minimum Gasteiger partial charge on any atom is -0.505 e. The van der Waals surface area contributed by atoms with Gasteiger partial charge in [0.25, 0.3) is 0 Å². The molecule has 2 heterocycles. The second-order valence-corrected chi connectivity index (χ2v) is 6.46. The minimum absolute atomic E-state index is 0.0800. The Bertz CT molecular complexity index is 992. The van der Waals surface area contributed by atoms with Crippen LogP contribution in [0, 0.1) is 10.7 Å². The van der Waals surface area contributed by atoms with Gasteiger partial charge in [0.15, 0.2) is 5.75 Å². The summed E-state index contributed by atoms with van der Waals surface area (Å²) < 4.78 is 19.0. The Morgan fingerprint density at radius 1 is 1.35 bits per heavy atom. The quantitative estimate of drug-likeness (QED) is 0.437. The molecule has 1 aromatic carbocycles. The van der Waals surface area contributed by atoms with Crippen molar-refractivity contribution in [3.05, 3.63) is 64.1 Å². The Labute approximate surface area is 178 Å². The molecule has 2 aromatic rings. The van der Waals surface area contributed by atoms with Crippen molar-refractivity contribution < 1.29 is 23.8 Å². The van der Waals surface area contributed by atoms with Crippen molar-refractivity contribution in [2.75, 3.05) is 32.1 Å². The molecule has 0 spiro atoms. The average Bonchev–Trinajstić information content (AvgIpc) is 2.75. The summed E-state index contributed by atoms with van der Waals surface area (Å²) in [6.07, 6.45) is 2.92. The molecule has 3 rings (SSSR count). The van der Waals surface area contributed by atoms with Gasteiger partial charge >= 0.3 is 0 Å². The number of amides is 2. The van der Waals surface area contributed by atoms with Gasteiger partial charge in [-0.2, -0.15) is 4.91 Å². The number of aliphatic hydroxyl groups excluding tert-OH is 1. The van der Waals surface area contributed by atoms with Crippen LogP contribution in [0.2, 0.25) is 0 Å². The predicted octanol–water partition coefficient (Wildman–Crippen LogP) is 2.58. The third-order valence-electron chi connectivity index (χ3n) is 4.36. The van der Waals surface area contributed by atoms with Crippen LogP contribution in [0.1, 0.15) is 23.7 Å². The standard InChI is InChI=1S/C20H20FN3O4.CH3NO/c1-12(25)24-7-8-28-20-14(9-13-3-5-15(21)6-4-13)11-23-18(19(20)24)16(26)10-17(27)22-2;1-2-3/h3-6,10-11,26H,7-9H2,1-2H3,(H,22,27);1H3/b16-10-;. The first-order valence-electron chi connectivity index (χ1n) is 9.33. The highest BCUT2D eigenvalue weighted by Crippen LogP contribution is 2.40. The first-order valence-corrected chi connectivity index (χ1v) is 9.33. The van der Waals surface area contributed by atoms with Gasteiger partial charge < -0.3 is 20.1 Å². The molecule has 9 nitrogen and oxygen atoms in total. The van der Waals surface area contributed by atoms with E-state index >= 15 is 0 Å². The summed E-state index contributed by atoms with van der Waals surface area (Å²) in [6.45, 7) is 1.99. The van der Waals surface area contributed by atoms with Gasteiger partial charge in [-0.25, -0.2) is 4.39 Å². The number of hydrogen-bond donors (Lipinski definition) is 2. The number of nitroso groups, excluding NO2 is 1. The predicted molar refractivity (Wildman–Crippen MR) is 113 cm³/mol. The monoisotopic (exact) mass is 430 g/mol. The number of carbonyl (C=O) groups is 2. The molecule has 1 aliphatic rings. The normalized spacial score (nSPS) is 12.6. The van der Waals surface area contributed by atoms with Gasteiger partial charge in [0, 0.05) is 38.2 Å². The number of fused-ring (bicyclic) bond motifs is 1. The Kier molecular flexibility index (Phi) is 8.18. The van der Waals surface area contributed by atoms with Crippen LogP contribution in [0.4, 0.5) is 10.1 Å². The van der Waals surface area contributed by atoms with E-state index in [-0.39, 0.29) is 29.8 Å². The molecule has 0 bridgehead atoms. The van der Waals surface area contributed by atoms with Crippen LogP contribution >= 0.6 is 0 Å². The number of rotatable bonds is 4. The molecule has 0 saturated carbocycles. The molecule has 2 N–H and O–H groups in total. The summed E-state index contributed by atoms with van der Waals surface area (Å²) in [5, 5.41) is 15.0. The highest BCUT2D eigenvalue weighted by atomic mass is 19.1. The minimum atomic E-state index is -0.505. The van der Waals surface area contributed by atoms with E-state index in [1.54, 1.807) is 12.1 Å². The highest BCUT2D eigenvalue weighted by Gasteiger charge is 2.29. The molecule has 10 heteroatoms. The maximum atomic E-state index is 13.2. The smallest absolute Gasteiger partial charge is 0.247 e. The zero-order valence-corrected chi connectivity index (χ0v) is 17.4. The fraction of sp³-hybridized carbons (Fsp3) is 0.286. The molecule has 31 heavy (non-hydrogen) atoms. The van der Waals surface area contributed by atoms with E-state index in [1.807, 2.05) is 0 Å². The number of aliphatic hydroxyl groups is 1. The number of carbonyl (C=O) groups excluding carboxylic acids is 2. The second kappa shape index (κ2) is 10.8. The van der Waals surface area contributed by atoms with E-state index in [1.165, 1.54) is 44.2 Å². The van der Waals surface area contributed by atoms with Gasteiger partial charge in [-0.1, -0.05) is 17.3 Å². The molecule has 0 unspecified atom stereocenters. The molecular weight excluding hydrogens is 407 g/mol. The number of benzene rings is 1. The number of aromatic nitrogens is 1. The van der Waals surface area contributed by atoms with E-state index in [9.17, 15) is 19.1 Å². The Hall–Kier alpha value is -3.82. The van der Waals surface area contributed by atoms with Crippen molar-refractivity contribution in [1.29, 1.82) is 0 Å². The van der Waals surface area contributed by atoms with Crippen LogP contribution in [-0.2, 0) is 16.0 Å². The molecule has 1 aromatic heterocycles. The molecule has 164 valence electrons. The molecule has 0 radical (unpaired) electrons. The van der Waals surface area contributed by atoms with Crippen molar-refractivity contribution in [1.82, 2.24) is 10.3 Å². The fourth-order valence-electron chi connectivity index (χ4n) is 3.00. The molecule has 0 saturated heterocycles. The van der Waals surface area contributed by atoms with Crippen LogP contribution in [-0.4, -0.2) is 49.2 Å². The highest BCUT2D eigenvalue weighted by molar-refractivity contribution is 5.99. The molecule has 0 fully saturated rings. The molecule has 0 atom stereocenters. The van der Waals surface area contributed by atoms with Crippen molar-refractivity contribution >= 4 is 23.3 Å². The summed E-state index contributed by atoms with van der Waals surface area (Å²) in [5.74, 6) is -1.04. The lowest BCUT2D eigenvalue weighted by Gasteiger charge is -2.31. The van der Waals surface area contributed by atoms with Crippen LogP contribution < -0.4 is 15.0 Å². The van der Waals surface area contributed by atoms with Crippen molar-refractivity contribution in [3.8, 4) is 5.75 Å². The molecule has 2 amide bonds. The van der Waals surface area contributed by atoms with Crippen molar-refractivity contribution in [2.24, 2.45) is 5.18 Å². The van der Waals surface area contributed by atoms with Crippen molar-refractivity contribution in [2.45, 2.75) is 13.3 Å². The second-order valence-electron chi connectivity index (χ2n) is 6.46. The van der Waals surface area contributed by atoms with E-state index in [2.05, 4.69) is 15.5 Å². The lowest BCUT2D eigenvalue weighted by Crippen LogP contribution is -2.37. The summed E-state index contributed by atoms with van der Waals surface area (Å²) in [6, 6.07) is 6.04. The van der Waals surface area contributed by atoms with Crippen molar-refractivity contribution in [3.63, 3.8) is 0 Å². The number of nitrogens with one attached hydrogen (secondary N) is 1. The molecule has 0 aliphatic carbocycles. The summed E-state index contributed by atoms with van der Waals surface area (Å²) in [4.78, 5) is 38.0. The zero-order valence-electron chi connectivity index (χ0n) is 17.4. The fourth-order valence-corrected chi connectivity index (χ4v) is 3.00. The number of likely N-dealkylation sites (N-methyl/N-ethyl adjacent to an activating group) is 1. The number of anilines is 1. The average molecular weight is 430 g/mol. The van der Waals surface area contributed by atoms with E-state index in [0.717, 1.165) is 11.6 Å². The summed E-state index contributed by atoms with van der Waals surface area (Å²) >= 11 is 0. The lowest BCUT2D eigenvalue weighted by molar-refractivity contribution is -0.117. The first kappa shape index (κ1) is 23.5. The Balaban J connectivity index is 0.00000107. The van der Waals surface area contributed by atoms with E-state index in [4.69, 9.17) is 9.64 Å².